The van der Waals surface area contributed by atoms with Crippen molar-refractivity contribution in [2.45, 2.75) is 31.2 Å². The van der Waals surface area contributed by atoms with Crippen molar-refractivity contribution < 1.29 is 4.79 Å². The summed E-state index contributed by atoms with van der Waals surface area (Å²) in [4.78, 5) is 12.4. The van der Waals surface area contributed by atoms with Crippen molar-refractivity contribution in [2.24, 2.45) is 13.0 Å². The van der Waals surface area contributed by atoms with E-state index in [1.807, 2.05) is 25.2 Å². The van der Waals surface area contributed by atoms with Crippen LogP contribution in [-0.2, 0) is 7.05 Å². The molecule has 120 valence electrons. The van der Waals surface area contributed by atoms with Crippen LogP contribution in [0.5, 0.6) is 0 Å². The maximum atomic E-state index is 12.4. The van der Waals surface area contributed by atoms with Crippen molar-refractivity contribution in [2.75, 3.05) is 11.9 Å². The molecule has 0 aliphatic heterocycles. The van der Waals surface area contributed by atoms with Crippen LogP contribution in [0.3, 0.4) is 0 Å². The number of anilines is 1. The topological polar surface area (TPSA) is 59.0 Å². The number of aromatic nitrogens is 2. The van der Waals surface area contributed by atoms with Gasteiger partial charge in [0.1, 0.15) is 0 Å². The molecule has 2 aromatic rings. The number of aryl methyl sites for hydroxylation is 1. The van der Waals surface area contributed by atoms with Gasteiger partial charge in [-0.05, 0) is 49.4 Å². The molecule has 1 heterocycles. The van der Waals surface area contributed by atoms with Crippen LogP contribution in [0, 0.1) is 5.92 Å². The number of hydrogen-bond acceptors (Lipinski definition) is 3. The molecule has 4 rings (SSSR count). The molecule has 0 unspecified atom stereocenters. The summed E-state index contributed by atoms with van der Waals surface area (Å²) in [5, 5.41) is 10.6. The summed E-state index contributed by atoms with van der Waals surface area (Å²) in [6, 6.07) is 8.58. The Hall–Kier alpha value is -2.14. The highest BCUT2D eigenvalue weighted by molar-refractivity contribution is 6.04. The Bertz CT molecular complexity index is 719. The van der Waals surface area contributed by atoms with Crippen LogP contribution in [0.25, 0.3) is 0 Å². The van der Waals surface area contributed by atoms with Gasteiger partial charge in [0.25, 0.3) is 5.91 Å². The van der Waals surface area contributed by atoms with Crippen molar-refractivity contribution in [3.63, 3.8) is 0 Å². The van der Waals surface area contributed by atoms with Gasteiger partial charge in [-0.1, -0.05) is 12.1 Å². The number of hydrogen-bond donors (Lipinski definition) is 2. The quantitative estimate of drug-likeness (QED) is 0.862. The number of carbonyl (C=O) groups excluding carboxylic acids is 1. The lowest BCUT2D eigenvalue weighted by Gasteiger charge is -2.06. The van der Waals surface area contributed by atoms with E-state index < -0.39 is 0 Å². The average molecular weight is 310 g/mol. The van der Waals surface area contributed by atoms with Crippen LogP contribution in [-0.4, -0.2) is 28.3 Å². The van der Waals surface area contributed by atoms with E-state index in [1.54, 1.807) is 17.1 Å². The van der Waals surface area contributed by atoms with Crippen molar-refractivity contribution in [1.82, 2.24) is 15.1 Å². The normalized spacial score (nSPS) is 22.8. The molecule has 2 saturated carbocycles. The zero-order chi connectivity index (χ0) is 15.8. The van der Waals surface area contributed by atoms with Crippen molar-refractivity contribution in [1.29, 1.82) is 0 Å². The van der Waals surface area contributed by atoms with Gasteiger partial charge >= 0.3 is 0 Å². The third kappa shape index (κ3) is 3.45. The number of amides is 1. The first-order valence-electron chi connectivity index (χ1n) is 8.32. The summed E-state index contributed by atoms with van der Waals surface area (Å²) in [5.74, 6) is 1.38. The first-order valence-corrected chi connectivity index (χ1v) is 8.32. The largest absolute Gasteiger partial charge is 0.319 e. The molecular formula is C18H22N4O. The third-order valence-electron chi connectivity index (χ3n) is 4.70. The van der Waals surface area contributed by atoms with E-state index >= 15 is 0 Å². The highest BCUT2D eigenvalue weighted by atomic mass is 16.1. The SMILES string of the molecule is Cn1cc(NC(=O)c2cccc([C@@H]3C[C@H]3NCC3CC3)c2)cn1. The number of nitrogens with one attached hydrogen (secondary N) is 2. The maximum Gasteiger partial charge on any atom is 0.255 e. The fourth-order valence-corrected chi connectivity index (χ4v) is 3.03. The molecule has 1 aromatic heterocycles. The molecule has 2 fully saturated rings. The van der Waals surface area contributed by atoms with E-state index in [0.29, 0.717) is 17.5 Å². The second kappa shape index (κ2) is 5.81. The van der Waals surface area contributed by atoms with E-state index in [9.17, 15) is 4.79 Å². The zero-order valence-electron chi connectivity index (χ0n) is 13.3. The van der Waals surface area contributed by atoms with Gasteiger partial charge in [-0.25, -0.2) is 0 Å². The van der Waals surface area contributed by atoms with Crippen LogP contribution in [0.4, 0.5) is 5.69 Å². The first-order chi connectivity index (χ1) is 11.2. The van der Waals surface area contributed by atoms with E-state index in [0.717, 1.165) is 18.2 Å². The second-order valence-electron chi connectivity index (χ2n) is 6.78. The minimum absolute atomic E-state index is 0.0806. The second-order valence-corrected chi connectivity index (χ2v) is 6.78. The molecule has 0 spiro atoms. The fraction of sp³-hybridized carbons (Fsp3) is 0.444. The van der Waals surface area contributed by atoms with Crippen LogP contribution < -0.4 is 10.6 Å². The highest BCUT2D eigenvalue weighted by Crippen LogP contribution is 2.41. The molecule has 0 radical (unpaired) electrons. The number of benzene rings is 1. The van der Waals surface area contributed by atoms with Gasteiger partial charge < -0.3 is 10.6 Å². The Morgan fingerprint density at radius 2 is 2.26 bits per heavy atom. The molecule has 1 amide bonds. The third-order valence-corrected chi connectivity index (χ3v) is 4.70. The Morgan fingerprint density at radius 3 is 3.00 bits per heavy atom. The molecule has 2 aliphatic carbocycles. The van der Waals surface area contributed by atoms with Crippen LogP contribution in [0.2, 0.25) is 0 Å². The van der Waals surface area contributed by atoms with Crippen LogP contribution >= 0.6 is 0 Å². The van der Waals surface area contributed by atoms with Gasteiger partial charge in [0.15, 0.2) is 0 Å². The Labute approximate surface area is 136 Å². The van der Waals surface area contributed by atoms with Gasteiger partial charge in [0.05, 0.1) is 11.9 Å². The fourth-order valence-electron chi connectivity index (χ4n) is 3.03. The predicted octanol–water partition coefficient (Wildman–Crippen LogP) is 2.53. The van der Waals surface area contributed by atoms with E-state index in [-0.39, 0.29) is 5.91 Å². The molecule has 2 aliphatic rings. The van der Waals surface area contributed by atoms with Gasteiger partial charge in [0, 0.05) is 30.8 Å². The number of carbonyl (C=O) groups is 1. The summed E-state index contributed by atoms with van der Waals surface area (Å²) >= 11 is 0. The van der Waals surface area contributed by atoms with Gasteiger partial charge in [-0.3, -0.25) is 9.48 Å². The van der Waals surface area contributed by atoms with E-state index in [2.05, 4.69) is 21.8 Å². The van der Waals surface area contributed by atoms with E-state index in [1.165, 1.54) is 24.8 Å². The average Bonchev–Trinajstić information content (AvgIpc) is 3.45. The summed E-state index contributed by atoms with van der Waals surface area (Å²) in [6.07, 6.45) is 7.39. The minimum Gasteiger partial charge on any atom is -0.319 e. The summed E-state index contributed by atoms with van der Waals surface area (Å²) in [5.41, 5.74) is 2.69. The predicted molar refractivity (Wildman–Crippen MR) is 89.5 cm³/mol. The molecule has 2 N–H and O–H groups in total. The first kappa shape index (κ1) is 14.5. The summed E-state index contributed by atoms with van der Waals surface area (Å²) in [6.45, 7) is 1.16. The molecule has 5 nitrogen and oxygen atoms in total. The Balaban J connectivity index is 1.39. The van der Waals surface area contributed by atoms with Crippen molar-refractivity contribution >= 4 is 11.6 Å². The molecule has 5 heteroatoms. The van der Waals surface area contributed by atoms with Crippen LogP contribution in [0.1, 0.15) is 41.1 Å². The lowest BCUT2D eigenvalue weighted by atomic mass is 10.1. The lowest BCUT2D eigenvalue weighted by molar-refractivity contribution is 0.102. The molecule has 2 atom stereocenters. The molecule has 1 aromatic carbocycles. The van der Waals surface area contributed by atoms with Crippen LogP contribution in [0.15, 0.2) is 36.7 Å². The highest BCUT2D eigenvalue weighted by Gasteiger charge is 2.39. The summed E-state index contributed by atoms with van der Waals surface area (Å²) < 4.78 is 1.67. The zero-order valence-corrected chi connectivity index (χ0v) is 13.3. The van der Waals surface area contributed by atoms with Crippen molar-refractivity contribution in [3.8, 4) is 0 Å². The van der Waals surface area contributed by atoms with Gasteiger partial charge in [-0.15, -0.1) is 0 Å². The number of nitrogens with zero attached hydrogens (tertiary/aromatic N) is 2. The minimum atomic E-state index is -0.0806. The van der Waals surface area contributed by atoms with Crippen molar-refractivity contribution in [3.05, 3.63) is 47.8 Å². The maximum absolute atomic E-state index is 12.4. The standard InChI is InChI=1S/C18H22N4O/c1-22-11-15(10-20-22)21-18(23)14-4-2-3-13(7-14)16-8-17(16)19-9-12-5-6-12/h2-4,7,10-12,16-17,19H,5-6,8-9H2,1H3,(H,21,23)/t16-,17+/m0/s1. The Kier molecular flexibility index (Phi) is 3.65. The lowest BCUT2D eigenvalue weighted by Crippen LogP contribution is -2.20. The van der Waals surface area contributed by atoms with Gasteiger partial charge in [0.2, 0.25) is 0 Å². The molecule has 23 heavy (non-hydrogen) atoms. The number of rotatable bonds is 6. The molecular weight excluding hydrogens is 288 g/mol. The summed E-state index contributed by atoms with van der Waals surface area (Å²) in [7, 11) is 1.83. The molecule has 0 bridgehead atoms. The smallest absolute Gasteiger partial charge is 0.255 e. The van der Waals surface area contributed by atoms with Gasteiger partial charge in [-0.2, -0.15) is 5.10 Å². The monoisotopic (exact) mass is 310 g/mol. The molecule has 0 saturated heterocycles. The van der Waals surface area contributed by atoms with E-state index in [4.69, 9.17) is 0 Å². The Morgan fingerprint density at radius 1 is 1.39 bits per heavy atom.